The van der Waals surface area contributed by atoms with Gasteiger partial charge in [-0.15, -0.1) is 0 Å². The molecule has 2 saturated heterocycles. The highest BCUT2D eigenvalue weighted by Crippen LogP contribution is 2.34. The maximum atomic E-state index is 13.1. The molecule has 3 aliphatic heterocycles. The number of hydrogen-bond acceptors (Lipinski definition) is 10. The van der Waals surface area contributed by atoms with Gasteiger partial charge in [0, 0.05) is 44.0 Å². The molecule has 2 atom stereocenters. The van der Waals surface area contributed by atoms with Gasteiger partial charge in [-0.2, -0.15) is 0 Å². The third-order valence-electron chi connectivity index (χ3n) is 7.57. The Hall–Kier alpha value is -4.64. The van der Waals surface area contributed by atoms with Gasteiger partial charge in [0.15, 0.2) is 5.78 Å². The lowest BCUT2D eigenvalue weighted by atomic mass is 9.91. The second-order valence-electron chi connectivity index (χ2n) is 10.1. The standard InChI is InChI=1S/C30H30N6O5/c1-40-20-6-4-19(5-7-20)17-35-12-2-3-26(35)33-24-16-32-11-9-22(24)30(39)41-14-13-36-18-25(37)27-28(38)21-8-10-31-15-23(21)34-29(27)36/h4-11,15-16,25,27,37H,2-3,12-14,17-18H2,1H3/b33-26+/t25-,27?/m1/s1. The van der Waals surface area contributed by atoms with E-state index in [0.29, 0.717) is 34.9 Å². The third kappa shape index (κ3) is 5.40. The summed E-state index contributed by atoms with van der Waals surface area (Å²) in [5.41, 5.74) is 2.86. The number of methoxy groups -OCH3 is 1. The number of fused-ring (bicyclic) bond motifs is 2. The normalized spacial score (nSPS) is 20.6. The van der Waals surface area contributed by atoms with Crippen LogP contribution < -0.4 is 4.74 Å². The number of aliphatic imine (C=N–C) groups is 2. The van der Waals surface area contributed by atoms with Gasteiger partial charge < -0.3 is 24.4 Å². The van der Waals surface area contributed by atoms with Crippen molar-refractivity contribution in [1.29, 1.82) is 0 Å². The number of Topliss-reactive ketones (excluding diaryl/α,β-unsaturated/α-hetero) is 1. The van der Waals surface area contributed by atoms with Crippen molar-refractivity contribution in [2.45, 2.75) is 25.5 Å². The second kappa shape index (κ2) is 11.5. The topological polar surface area (TPSA) is 130 Å². The Bertz CT molecular complexity index is 1520. The van der Waals surface area contributed by atoms with Crippen LogP contribution in [0.15, 0.2) is 71.2 Å². The van der Waals surface area contributed by atoms with E-state index in [2.05, 4.69) is 19.9 Å². The number of carbonyl (C=O) groups excluding carboxylic acids is 2. The zero-order chi connectivity index (χ0) is 28.3. The monoisotopic (exact) mass is 554 g/mol. The number of aliphatic hydroxyl groups excluding tert-OH is 1. The number of rotatable bonds is 8. The first-order chi connectivity index (χ1) is 20.0. The van der Waals surface area contributed by atoms with E-state index in [1.165, 1.54) is 6.20 Å². The first-order valence-electron chi connectivity index (χ1n) is 13.6. The van der Waals surface area contributed by atoms with E-state index in [0.717, 1.165) is 36.5 Å². The largest absolute Gasteiger partial charge is 0.497 e. The number of aliphatic hydroxyl groups is 1. The van der Waals surface area contributed by atoms with Gasteiger partial charge in [-0.25, -0.2) is 14.8 Å². The Balaban J connectivity index is 1.12. The molecular weight excluding hydrogens is 524 g/mol. The molecular formula is C30H30N6O5. The minimum absolute atomic E-state index is 0.0489. The molecule has 3 aromatic rings. The highest BCUT2D eigenvalue weighted by Gasteiger charge is 2.45. The molecule has 0 radical (unpaired) electrons. The molecule has 0 bridgehead atoms. The van der Waals surface area contributed by atoms with Gasteiger partial charge in [-0.1, -0.05) is 12.1 Å². The lowest BCUT2D eigenvalue weighted by Gasteiger charge is -2.23. The van der Waals surface area contributed by atoms with Crippen LogP contribution in [0.1, 0.15) is 39.1 Å². The van der Waals surface area contributed by atoms with Crippen molar-refractivity contribution < 1.29 is 24.2 Å². The quantitative estimate of drug-likeness (QED) is 0.417. The molecule has 1 N–H and O–H groups in total. The summed E-state index contributed by atoms with van der Waals surface area (Å²) in [4.78, 5) is 47.7. The van der Waals surface area contributed by atoms with E-state index in [4.69, 9.17) is 14.5 Å². The lowest BCUT2D eigenvalue weighted by molar-refractivity contribution is 0.0483. The number of ether oxygens (including phenoxy) is 2. The zero-order valence-corrected chi connectivity index (χ0v) is 22.6. The minimum Gasteiger partial charge on any atom is -0.497 e. The Morgan fingerprint density at radius 1 is 1.10 bits per heavy atom. The van der Waals surface area contributed by atoms with Crippen molar-refractivity contribution in [2.75, 3.05) is 33.4 Å². The molecule has 2 fully saturated rings. The van der Waals surface area contributed by atoms with Gasteiger partial charge in [0.1, 0.15) is 29.9 Å². The molecule has 5 heterocycles. The molecule has 210 valence electrons. The zero-order valence-electron chi connectivity index (χ0n) is 22.6. The van der Waals surface area contributed by atoms with Crippen LogP contribution in [-0.4, -0.2) is 87.8 Å². The van der Waals surface area contributed by atoms with Crippen molar-refractivity contribution in [2.24, 2.45) is 15.9 Å². The van der Waals surface area contributed by atoms with Gasteiger partial charge >= 0.3 is 5.97 Å². The molecule has 2 aromatic heterocycles. The van der Waals surface area contributed by atoms with Crippen molar-refractivity contribution >= 4 is 34.8 Å². The summed E-state index contributed by atoms with van der Waals surface area (Å²) in [5.74, 6) is 0.774. The molecule has 0 amide bonds. The Morgan fingerprint density at radius 3 is 2.73 bits per heavy atom. The fraction of sp³-hybridized carbons (Fsp3) is 0.333. The highest BCUT2D eigenvalue weighted by molar-refractivity contribution is 6.18. The maximum Gasteiger partial charge on any atom is 0.340 e. The molecule has 0 spiro atoms. The summed E-state index contributed by atoms with van der Waals surface area (Å²) in [6.07, 6.45) is 7.09. The Kier molecular flexibility index (Phi) is 7.43. The Labute approximate surface area is 237 Å². The van der Waals surface area contributed by atoms with E-state index in [-0.39, 0.29) is 25.5 Å². The number of benzene rings is 1. The van der Waals surface area contributed by atoms with E-state index in [1.807, 2.05) is 24.3 Å². The maximum absolute atomic E-state index is 13.1. The SMILES string of the molecule is COc1ccc(CN2CCC/C2=N\c2cnccc2C(=O)OCCN2C[C@@H](O)C3C(=O)c4ccncc4N=C32)cc1. The highest BCUT2D eigenvalue weighted by atomic mass is 16.5. The number of hydrogen-bond donors (Lipinski definition) is 1. The van der Waals surface area contributed by atoms with E-state index < -0.39 is 18.0 Å². The molecule has 6 rings (SSSR count). The van der Waals surface area contributed by atoms with Crippen molar-refractivity contribution in [1.82, 2.24) is 19.8 Å². The fourth-order valence-corrected chi connectivity index (χ4v) is 5.48. The van der Waals surface area contributed by atoms with Crippen LogP contribution in [0.5, 0.6) is 5.75 Å². The summed E-state index contributed by atoms with van der Waals surface area (Å²) in [5, 5.41) is 10.6. The van der Waals surface area contributed by atoms with Crippen molar-refractivity contribution in [3.8, 4) is 5.75 Å². The number of pyridine rings is 2. The summed E-state index contributed by atoms with van der Waals surface area (Å²) in [7, 11) is 1.65. The lowest BCUT2D eigenvalue weighted by Crippen LogP contribution is -2.36. The Morgan fingerprint density at radius 2 is 1.90 bits per heavy atom. The predicted octanol–water partition coefficient (Wildman–Crippen LogP) is 3.19. The van der Waals surface area contributed by atoms with Crippen LogP contribution in [-0.2, 0) is 11.3 Å². The fourth-order valence-electron chi connectivity index (χ4n) is 5.48. The third-order valence-corrected chi connectivity index (χ3v) is 7.57. The molecule has 11 heteroatoms. The minimum atomic E-state index is -0.881. The number of likely N-dealkylation sites (tertiary alicyclic amines) is 2. The van der Waals surface area contributed by atoms with Gasteiger partial charge in [0.2, 0.25) is 0 Å². The van der Waals surface area contributed by atoms with Gasteiger partial charge in [0.05, 0.1) is 49.1 Å². The number of carbonyl (C=O) groups is 2. The van der Waals surface area contributed by atoms with Gasteiger partial charge in [0.25, 0.3) is 0 Å². The van der Waals surface area contributed by atoms with Crippen LogP contribution in [0.4, 0.5) is 11.4 Å². The second-order valence-corrected chi connectivity index (χ2v) is 10.1. The number of nitrogens with zero attached hydrogens (tertiary/aromatic N) is 6. The summed E-state index contributed by atoms with van der Waals surface area (Å²) in [6.45, 7) is 2.14. The van der Waals surface area contributed by atoms with Crippen LogP contribution in [0.2, 0.25) is 0 Å². The summed E-state index contributed by atoms with van der Waals surface area (Å²) < 4.78 is 10.9. The smallest absolute Gasteiger partial charge is 0.340 e. The number of aromatic nitrogens is 2. The summed E-state index contributed by atoms with van der Waals surface area (Å²) in [6, 6.07) is 11.2. The number of ketones is 1. The van der Waals surface area contributed by atoms with Crippen LogP contribution in [0, 0.1) is 5.92 Å². The number of β-amino-alcohol motifs (C(OH)–C–C–N with tert-alkyl or cyclic N) is 1. The number of amidine groups is 2. The molecule has 0 aliphatic carbocycles. The number of esters is 1. The van der Waals surface area contributed by atoms with Crippen LogP contribution in [0.3, 0.4) is 0 Å². The molecule has 1 unspecified atom stereocenters. The van der Waals surface area contributed by atoms with E-state index >= 15 is 0 Å². The molecule has 3 aliphatic rings. The average molecular weight is 555 g/mol. The first-order valence-corrected chi connectivity index (χ1v) is 13.6. The molecule has 0 saturated carbocycles. The van der Waals surface area contributed by atoms with Crippen molar-refractivity contribution in [3.05, 3.63) is 77.9 Å². The summed E-state index contributed by atoms with van der Waals surface area (Å²) >= 11 is 0. The van der Waals surface area contributed by atoms with E-state index in [9.17, 15) is 14.7 Å². The molecule has 41 heavy (non-hydrogen) atoms. The first kappa shape index (κ1) is 26.6. The average Bonchev–Trinajstić information content (AvgIpc) is 3.56. The predicted molar refractivity (Wildman–Crippen MR) is 151 cm³/mol. The van der Waals surface area contributed by atoms with Crippen molar-refractivity contribution in [3.63, 3.8) is 0 Å². The molecule has 11 nitrogen and oxygen atoms in total. The van der Waals surface area contributed by atoms with Crippen LogP contribution in [0.25, 0.3) is 0 Å². The van der Waals surface area contributed by atoms with E-state index in [1.54, 1.807) is 42.7 Å². The molecule has 1 aromatic carbocycles. The van der Waals surface area contributed by atoms with Gasteiger partial charge in [-0.3, -0.25) is 14.8 Å². The van der Waals surface area contributed by atoms with Crippen LogP contribution >= 0.6 is 0 Å². The van der Waals surface area contributed by atoms with Gasteiger partial charge in [-0.05, 0) is 36.2 Å².